The van der Waals surface area contributed by atoms with Gasteiger partial charge in [0, 0.05) is 25.1 Å². The van der Waals surface area contributed by atoms with Gasteiger partial charge in [-0.3, -0.25) is 0 Å². The minimum absolute atomic E-state index is 0.445. The molecule has 1 atom stereocenters. The summed E-state index contributed by atoms with van der Waals surface area (Å²) in [5, 5.41) is 0.653. The largest absolute Gasteiger partial charge is 0.492 e. The van der Waals surface area contributed by atoms with Crippen molar-refractivity contribution in [2.75, 3.05) is 31.7 Å². The van der Waals surface area contributed by atoms with Gasteiger partial charge in [0.15, 0.2) is 0 Å². The van der Waals surface area contributed by atoms with Crippen molar-refractivity contribution >= 4 is 17.4 Å². The number of piperidine rings is 1. The zero-order valence-electron chi connectivity index (χ0n) is 13.1. The van der Waals surface area contributed by atoms with E-state index in [2.05, 4.69) is 14.9 Å². The molecule has 3 rings (SSSR count). The van der Waals surface area contributed by atoms with E-state index in [1.54, 1.807) is 7.11 Å². The van der Waals surface area contributed by atoms with Crippen molar-refractivity contribution in [3.8, 4) is 11.6 Å². The molecule has 0 radical (unpaired) electrons. The minimum Gasteiger partial charge on any atom is -0.492 e. The summed E-state index contributed by atoms with van der Waals surface area (Å²) in [7, 11) is 1.61. The zero-order valence-corrected chi connectivity index (χ0v) is 13.9. The monoisotopic (exact) mass is 333 g/mol. The second-order valence-electron chi connectivity index (χ2n) is 5.61. The van der Waals surface area contributed by atoms with Crippen LogP contribution in [0.1, 0.15) is 12.8 Å². The maximum atomic E-state index is 6.13. The van der Waals surface area contributed by atoms with Crippen LogP contribution in [0.25, 0.3) is 0 Å². The molecule has 1 aromatic carbocycles. The van der Waals surface area contributed by atoms with Gasteiger partial charge in [-0.15, -0.1) is 0 Å². The van der Waals surface area contributed by atoms with E-state index in [0.717, 1.165) is 37.5 Å². The van der Waals surface area contributed by atoms with Crippen LogP contribution in [-0.2, 0) is 0 Å². The number of nitrogens with zero attached hydrogens (tertiary/aromatic N) is 3. The number of ether oxygens (including phenoxy) is 2. The SMILES string of the molecule is COc1cc(N2CCCC(COc3ccccc3Cl)C2)ncn1. The molecule has 1 aliphatic rings. The summed E-state index contributed by atoms with van der Waals surface area (Å²) in [5.74, 6) is 2.68. The van der Waals surface area contributed by atoms with Gasteiger partial charge in [0.2, 0.25) is 5.88 Å². The Hall–Kier alpha value is -2.01. The Bertz CT molecular complexity index is 653. The van der Waals surface area contributed by atoms with E-state index < -0.39 is 0 Å². The predicted octanol–water partition coefficient (Wildman–Crippen LogP) is 3.43. The molecule has 122 valence electrons. The Morgan fingerprint density at radius 3 is 3.00 bits per heavy atom. The first-order valence-corrected chi connectivity index (χ1v) is 8.12. The highest BCUT2D eigenvalue weighted by molar-refractivity contribution is 6.32. The highest BCUT2D eigenvalue weighted by atomic mass is 35.5. The molecule has 0 saturated carbocycles. The van der Waals surface area contributed by atoms with Crippen molar-refractivity contribution in [1.29, 1.82) is 0 Å². The van der Waals surface area contributed by atoms with Crippen LogP contribution < -0.4 is 14.4 Å². The van der Waals surface area contributed by atoms with Crippen molar-refractivity contribution in [3.63, 3.8) is 0 Å². The van der Waals surface area contributed by atoms with Crippen LogP contribution in [0.15, 0.2) is 36.7 Å². The van der Waals surface area contributed by atoms with Gasteiger partial charge in [0.1, 0.15) is 17.9 Å². The Morgan fingerprint density at radius 2 is 2.17 bits per heavy atom. The highest BCUT2D eigenvalue weighted by Gasteiger charge is 2.22. The second kappa shape index (κ2) is 7.51. The molecule has 2 heterocycles. The Morgan fingerprint density at radius 1 is 1.30 bits per heavy atom. The molecule has 0 spiro atoms. The van der Waals surface area contributed by atoms with E-state index in [-0.39, 0.29) is 0 Å². The first-order chi connectivity index (χ1) is 11.3. The van der Waals surface area contributed by atoms with Crippen LogP contribution in [0.3, 0.4) is 0 Å². The van der Waals surface area contributed by atoms with Crippen LogP contribution in [0.2, 0.25) is 5.02 Å². The smallest absolute Gasteiger partial charge is 0.218 e. The average molecular weight is 334 g/mol. The molecule has 0 aliphatic carbocycles. The molecular weight excluding hydrogens is 314 g/mol. The number of para-hydroxylation sites is 1. The van der Waals surface area contributed by atoms with Gasteiger partial charge in [0.05, 0.1) is 18.7 Å². The average Bonchev–Trinajstić information content (AvgIpc) is 2.61. The quantitative estimate of drug-likeness (QED) is 0.839. The van der Waals surface area contributed by atoms with Gasteiger partial charge >= 0.3 is 0 Å². The molecule has 23 heavy (non-hydrogen) atoms. The molecule has 2 aromatic rings. The fraction of sp³-hybridized carbons (Fsp3) is 0.412. The van der Waals surface area contributed by atoms with Gasteiger partial charge in [-0.05, 0) is 25.0 Å². The molecule has 1 unspecified atom stereocenters. The number of hydrogen-bond donors (Lipinski definition) is 0. The summed E-state index contributed by atoms with van der Waals surface area (Å²) < 4.78 is 11.1. The molecular formula is C17H20ClN3O2. The molecule has 0 amide bonds. The van der Waals surface area contributed by atoms with E-state index in [1.165, 1.54) is 6.33 Å². The van der Waals surface area contributed by atoms with Crippen molar-refractivity contribution in [2.24, 2.45) is 5.92 Å². The summed E-state index contributed by atoms with van der Waals surface area (Å²) >= 11 is 6.13. The predicted molar refractivity (Wildman–Crippen MR) is 90.5 cm³/mol. The molecule has 1 aromatic heterocycles. The van der Waals surface area contributed by atoms with Gasteiger partial charge in [0.25, 0.3) is 0 Å². The lowest BCUT2D eigenvalue weighted by Crippen LogP contribution is -2.38. The number of benzene rings is 1. The summed E-state index contributed by atoms with van der Waals surface area (Å²) in [5.41, 5.74) is 0. The lowest BCUT2D eigenvalue weighted by molar-refractivity contribution is 0.228. The van der Waals surface area contributed by atoms with Crippen LogP contribution in [0.4, 0.5) is 5.82 Å². The third-order valence-electron chi connectivity index (χ3n) is 3.99. The number of hydrogen-bond acceptors (Lipinski definition) is 5. The number of anilines is 1. The summed E-state index contributed by atoms with van der Waals surface area (Å²) in [6, 6.07) is 9.45. The molecule has 0 bridgehead atoms. The minimum atomic E-state index is 0.445. The second-order valence-corrected chi connectivity index (χ2v) is 6.02. The van der Waals surface area contributed by atoms with Crippen LogP contribution in [0, 0.1) is 5.92 Å². The van der Waals surface area contributed by atoms with E-state index in [0.29, 0.717) is 23.4 Å². The maximum absolute atomic E-state index is 6.13. The van der Waals surface area contributed by atoms with Crippen molar-refractivity contribution in [2.45, 2.75) is 12.8 Å². The van der Waals surface area contributed by atoms with Crippen LogP contribution in [0.5, 0.6) is 11.6 Å². The first-order valence-electron chi connectivity index (χ1n) is 7.74. The lowest BCUT2D eigenvalue weighted by atomic mass is 9.99. The highest BCUT2D eigenvalue weighted by Crippen LogP contribution is 2.27. The zero-order chi connectivity index (χ0) is 16.1. The third-order valence-corrected chi connectivity index (χ3v) is 4.30. The van der Waals surface area contributed by atoms with E-state index in [1.807, 2.05) is 30.3 Å². The van der Waals surface area contributed by atoms with Gasteiger partial charge in [-0.1, -0.05) is 23.7 Å². The van der Waals surface area contributed by atoms with E-state index >= 15 is 0 Å². The van der Waals surface area contributed by atoms with Gasteiger partial charge in [-0.2, -0.15) is 0 Å². The molecule has 1 saturated heterocycles. The number of rotatable bonds is 5. The normalized spacial score (nSPS) is 17.8. The van der Waals surface area contributed by atoms with E-state index in [9.17, 15) is 0 Å². The summed E-state index contributed by atoms with van der Waals surface area (Å²) in [6.07, 6.45) is 3.80. The van der Waals surface area contributed by atoms with E-state index in [4.69, 9.17) is 21.1 Å². The molecule has 5 nitrogen and oxygen atoms in total. The van der Waals surface area contributed by atoms with Crippen molar-refractivity contribution in [3.05, 3.63) is 41.7 Å². The molecule has 6 heteroatoms. The maximum Gasteiger partial charge on any atom is 0.218 e. The molecule has 1 aliphatic heterocycles. The first kappa shape index (κ1) is 15.9. The topological polar surface area (TPSA) is 47.5 Å². The standard InChI is InChI=1S/C17H20ClN3O2/c1-22-17-9-16(19-12-20-17)21-8-4-5-13(10-21)11-23-15-7-3-2-6-14(15)18/h2-3,6-7,9,12-13H,4-5,8,10-11H2,1H3. The number of halogens is 1. The molecule has 0 N–H and O–H groups in total. The van der Waals surface area contributed by atoms with Crippen molar-refractivity contribution in [1.82, 2.24) is 9.97 Å². The Labute approximate surface area is 141 Å². The number of methoxy groups -OCH3 is 1. The molecule has 1 fully saturated rings. The van der Waals surface area contributed by atoms with Crippen molar-refractivity contribution < 1.29 is 9.47 Å². The third kappa shape index (κ3) is 4.05. The Balaban J connectivity index is 1.61. The number of aromatic nitrogens is 2. The summed E-state index contributed by atoms with van der Waals surface area (Å²) in [6.45, 7) is 2.55. The fourth-order valence-corrected chi connectivity index (χ4v) is 2.98. The lowest BCUT2D eigenvalue weighted by Gasteiger charge is -2.33. The van der Waals surface area contributed by atoms with Crippen LogP contribution in [-0.4, -0.2) is 36.8 Å². The fourth-order valence-electron chi connectivity index (χ4n) is 2.79. The Kier molecular flexibility index (Phi) is 5.18. The van der Waals surface area contributed by atoms with Gasteiger partial charge < -0.3 is 14.4 Å². The van der Waals surface area contributed by atoms with Crippen LogP contribution >= 0.6 is 11.6 Å². The summed E-state index contributed by atoms with van der Waals surface area (Å²) in [4.78, 5) is 10.7. The van der Waals surface area contributed by atoms with Gasteiger partial charge in [-0.25, -0.2) is 9.97 Å².